The highest BCUT2D eigenvalue weighted by atomic mass is 16.6. The number of rotatable bonds is 20. The van der Waals surface area contributed by atoms with Gasteiger partial charge in [0.2, 0.25) is 0 Å². The summed E-state index contributed by atoms with van der Waals surface area (Å²) >= 11 is 0. The fourth-order valence-electron chi connectivity index (χ4n) is 3.62. The van der Waals surface area contributed by atoms with Crippen LogP contribution in [0.3, 0.4) is 0 Å². The number of unbranched alkanes of at least 4 members (excludes halogenated alkanes) is 6. The zero-order chi connectivity index (χ0) is 21.1. The van der Waals surface area contributed by atoms with Crippen molar-refractivity contribution in [2.24, 2.45) is 5.92 Å². The molecule has 0 aromatic heterocycles. The predicted octanol–water partition coefficient (Wildman–Crippen LogP) is 4.59. The molecule has 0 amide bonds. The van der Waals surface area contributed by atoms with E-state index in [1.54, 1.807) is 0 Å². The molecular formula is C23H47NO4. The number of carbonyl (C=O) groups is 1. The Morgan fingerprint density at radius 3 is 2.14 bits per heavy atom. The van der Waals surface area contributed by atoms with Crippen molar-refractivity contribution in [2.45, 2.75) is 110 Å². The van der Waals surface area contributed by atoms with Crippen LogP contribution in [0.25, 0.3) is 0 Å². The number of hydrogen-bond donors (Lipinski definition) is 3. The highest BCUT2D eigenvalue weighted by Crippen LogP contribution is 2.31. The van der Waals surface area contributed by atoms with Gasteiger partial charge in [0, 0.05) is 19.6 Å². The lowest BCUT2D eigenvalue weighted by molar-refractivity contribution is -0.162. The third kappa shape index (κ3) is 15.3. The Kier molecular flexibility index (Phi) is 18.0. The third-order valence-corrected chi connectivity index (χ3v) is 5.47. The van der Waals surface area contributed by atoms with Crippen molar-refractivity contribution in [3.05, 3.63) is 0 Å². The Balaban J connectivity index is 4.15. The molecule has 0 rings (SSSR count). The van der Waals surface area contributed by atoms with Crippen LogP contribution < -0.4 is 5.32 Å². The van der Waals surface area contributed by atoms with Gasteiger partial charge in [-0.1, -0.05) is 39.0 Å². The summed E-state index contributed by atoms with van der Waals surface area (Å²) in [5, 5.41) is 21.3. The van der Waals surface area contributed by atoms with Crippen LogP contribution in [0.1, 0.15) is 104 Å². The first kappa shape index (κ1) is 27.4. The SMILES string of the molecule is CCCCCCCC(CCCO)C(C)(C)OC(=O)CCCNCCCCCO. The fourth-order valence-corrected chi connectivity index (χ4v) is 3.62. The van der Waals surface area contributed by atoms with Crippen molar-refractivity contribution in [1.82, 2.24) is 5.32 Å². The van der Waals surface area contributed by atoms with E-state index in [0.717, 1.165) is 64.5 Å². The Labute approximate surface area is 173 Å². The van der Waals surface area contributed by atoms with Crippen molar-refractivity contribution in [3.63, 3.8) is 0 Å². The summed E-state index contributed by atoms with van der Waals surface area (Å²) in [7, 11) is 0. The van der Waals surface area contributed by atoms with E-state index in [1.165, 1.54) is 25.7 Å². The van der Waals surface area contributed by atoms with Gasteiger partial charge in [0.1, 0.15) is 5.60 Å². The maximum Gasteiger partial charge on any atom is 0.306 e. The average molecular weight is 402 g/mol. The van der Waals surface area contributed by atoms with E-state index in [-0.39, 0.29) is 19.2 Å². The number of carbonyl (C=O) groups excluding carboxylic acids is 1. The molecule has 5 nitrogen and oxygen atoms in total. The first-order valence-electron chi connectivity index (χ1n) is 11.6. The summed E-state index contributed by atoms with van der Waals surface area (Å²) in [5.74, 6) is 0.182. The van der Waals surface area contributed by atoms with E-state index in [2.05, 4.69) is 12.2 Å². The first-order chi connectivity index (χ1) is 13.5. The number of nitrogens with one attached hydrogen (secondary N) is 1. The van der Waals surface area contributed by atoms with Gasteiger partial charge in [-0.15, -0.1) is 0 Å². The molecule has 0 fully saturated rings. The maximum absolute atomic E-state index is 12.3. The molecule has 0 aliphatic heterocycles. The molecule has 0 radical (unpaired) electrons. The van der Waals surface area contributed by atoms with Crippen molar-refractivity contribution in [3.8, 4) is 0 Å². The van der Waals surface area contributed by atoms with Crippen LogP contribution in [-0.4, -0.2) is 48.1 Å². The third-order valence-electron chi connectivity index (χ3n) is 5.47. The van der Waals surface area contributed by atoms with Gasteiger partial charge in [-0.2, -0.15) is 0 Å². The van der Waals surface area contributed by atoms with Crippen LogP contribution in [0.5, 0.6) is 0 Å². The molecule has 5 heteroatoms. The summed E-state index contributed by atoms with van der Waals surface area (Å²) in [5.41, 5.74) is -0.477. The van der Waals surface area contributed by atoms with Crippen molar-refractivity contribution < 1.29 is 19.7 Å². The largest absolute Gasteiger partial charge is 0.459 e. The lowest BCUT2D eigenvalue weighted by atomic mass is 9.82. The van der Waals surface area contributed by atoms with Crippen LogP contribution in [-0.2, 0) is 9.53 Å². The molecule has 3 N–H and O–H groups in total. The predicted molar refractivity (Wildman–Crippen MR) is 116 cm³/mol. The monoisotopic (exact) mass is 401 g/mol. The number of esters is 1. The Morgan fingerprint density at radius 1 is 0.857 bits per heavy atom. The highest BCUT2D eigenvalue weighted by molar-refractivity contribution is 5.69. The maximum atomic E-state index is 12.3. The van der Waals surface area contributed by atoms with Crippen LogP contribution in [0, 0.1) is 5.92 Å². The average Bonchev–Trinajstić information content (AvgIpc) is 2.65. The minimum absolute atomic E-state index is 0.118. The number of aliphatic hydroxyl groups excluding tert-OH is 2. The van der Waals surface area contributed by atoms with E-state index in [9.17, 15) is 9.90 Å². The minimum Gasteiger partial charge on any atom is -0.459 e. The second-order valence-electron chi connectivity index (χ2n) is 8.48. The molecule has 0 heterocycles. The van der Waals surface area contributed by atoms with Gasteiger partial charge in [0.15, 0.2) is 0 Å². The Bertz CT molecular complexity index is 361. The number of aliphatic hydroxyl groups is 2. The minimum atomic E-state index is -0.477. The van der Waals surface area contributed by atoms with E-state index in [1.807, 2.05) is 13.8 Å². The lowest BCUT2D eigenvalue weighted by Crippen LogP contribution is -2.37. The molecule has 1 unspecified atom stereocenters. The topological polar surface area (TPSA) is 78.8 Å². The molecular weight excluding hydrogens is 354 g/mol. The number of hydrogen-bond acceptors (Lipinski definition) is 5. The molecule has 1 atom stereocenters. The van der Waals surface area contributed by atoms with Gasteiger partial charge in [-0.25, -0.2) is 0 Å². The molecule has 0 aliphatic carbocycles. The van der Waals surface area contributed by atoms with Gasteiger partial charge in [-0.3, -0.25) is 4.79 Å². The smallest absolute Gasteiger partial charge is 0.306 e. The molecule has 0 bridgehead atoms. The van der Waals surface area contributed by atoms with Gasteiger partial charge in [0.05, 0.1) is 0 Å². The highest BCUT2D eigenvalue weighted by Gasteiger charge is 2.32. The molecule has 0 aromatic rings. The van der Waals surface area contributed by atoms with Crippen molar-refractivity contribution >= 4 is 5.97 Å². The summed E-state index contributed by atoms with van der Waals surface area (Å²) in [6.07, 6.45) is 13.1. The standard InChI is InChI=1S/C23H47NO4/c1-4-5-6-7-9-14-21(15-13-20-26)23(2,3)28-22(27)16-12-18-24-17-10-8-11-19-25/h21,24-26H,4-20H2,1-3H3. The molecule has 0 aliphatic rings. The normalized spacial score (nSPS) is 12.9. The van der Waals surface area contributed by atoms with E-state index in [0.29, 0.717) is 12.3 Å². The quantitative estimate of drug-likeness (QED) is 0.205. The van der Waals surface area contributed by atoms with Gasteiger partial charge < -0.3 is 20.3 Å². The van der Waals surface area contributed by atoms with Crippen molar-refractivity contribution in [2.75, 3.05) is 26.3 Å². The van der Waals surface area contributed by atoms with E-state index < -0.39 is 5.60 Å². The molecule has 28 heavy (non-hydrogen) atoms. The van der Waals surface area contributed by atoms with E-state index >= 15 is 0 Å². The van der Waals surface area contributed by atoms with Gasteiger partial charge in [-0.05, 0) is 77.8 Å². The van der Waals surface area contributed by atoms with Crippen LogP contribution in [0.15, 0.2) is 0 Å². The second kappa shape index (κ2) is 18.4. The summed E-state index contributed by atoms with van der Waals surface area (Å²) < 4.78 is 5.86. The van der Waals surface area contributed by atoms with Crippen molar-refractivity contribution in [1.29, 1.82) is 0 Å². The summed E-state index contributed by atoms with van der Waals surface area (Å²) in [4.78, 5) is 12.3. The fraction of sp³-hybridized carbons (Fsp3) is 0.957. The summed E-state index contributed by atoms with van der Waals surface area (Å²) in [6, 6.07) is 0. The first-order valence-corrected chi connectivity index (χ1v) is 11.6. The van der Waals surface area contributed by atoms with Crippen LogP contribution in [0.4, 0.5) is 0 Å². The number of ether oxygens (including phenoxy) is 1. The Hall–Kier alpha value is -0.650. The van der Waals surface area contributed by atoms with Crippen LogP contribution >= 0.6 is 0 Å². The zero-order valence-electron chi connectivity index (χ0n) is 18.8. The van der Waals surface area contributed by atoms with Crippen LogP contribution in [0.2, 0.25) is 0 Å². The molecule has 0 saturated heterocycles. The van der Waals surface area contributed by atoms with Gasteiger partial charge in [0.25, 0.3) is 0 Å². The second-order valence-corrected chi connectivity index (χ2v) is 8.48. The molecule has 168 valence electrons. The van der Waals surface area contributed by atoms with Gasteiger partial charge >= 0.3 is 5.97 Å². The molecule has 0 aromatic carbocycles. The lowest BCUT2D eigenvalue weighted by Gasteiger charge is -2.34. The Morgan fingerprint density at radius 2 is 1.46 bits per heavy atom. The van der Waals surface area contributed by atoms with E-state index in [4.69, 9.17) is 9.84 Å². The summed E-state index contributed by atoms with van der Waals surface area (Å²) in [6.45, 7) is 8.48. The molecule has 0 spiro atoms. The molecule has 0 saturated carbocycles. The zero-order valence-corrected chi connectivity index (χ0v) is 18.8.